The van der Waals surface area contributed by atoms with Gasteiger partial charge in [0.15, 0.2) is 0 Å². The van der Waals surface area contributed by atoms with Crippen LogP contribution in [0.1, 0.15) is 98.9 Å². The molecule has 2 aromatic carbocycles. The summed E-state index contributed by atoms with van der Waals surface area (Å²) in [6, 6.07) is 15.1. The summed E-state index contributed by atoms with van der Waals surface area (Å²) >= 11 is 0. The molecule has 6 atom stereocenters. The molecular formula is C45H59FN8O6. The minimum absolute atomic E-state index is 0.133. The molecule has 2 saturated heterocycles. The number of nitrogens with zero attached hydrogens (tertiary/aromatic N) is 4. The van der Waals surface area contributed by atoms with Crippen molar-refractivity contribution in [3.8, 4) is 33.6 Å². The van der Waals surface area contributed by atoms with Gasteiger partial charge in [0.25, 0.3) is 0 Å². The second-order valence-electron chi connectivity index (χ2n) is 18.9. The molecule has 4 heterocycles. The van der Waals surface area contributed by atoms with Crippen molar-refractivity contribution in [3.63, 3.8) is 0 Å². The number of hydrogen-bond acceptors (Lipinski definition) is 8. The van der Waals surface area contributed by atoms with Gasteiger partial charge in [-0.2, -0.15) is 0 Å². The molecule has 2 aliphatic rings. The van der Waals surface area contributed by atoms with Gasteiger partial charge in [0, 0.05) is 13.0 Å². The molecule has 322 valence electrons. The number of benzene rings is 2. The van der Waals surface area contributed by atoms with E-state index in [4.69, 9.17) is 14.5 Å². The zero-order chi connectivity index (χ0) is 43.9. The Bertz CT molecular complexity index is 2050. The number of carbonyl (C=O) groups excluding carboxylic acids is 4. The van der Waals surface area contributed by atoms with Crippen molar-refractivity contribution in [2.24, 2.45) is 16.7 Å². The lowest BCUT2D eigenvalue weighted by atomic mass is 9.85. The summed E-state index contributed by atoms with van der Waals surface area (Å²) < 4.78 is 24.4. The number of nitrogens with one attached hydrogen (secondary N) is 4. The number of halogens is 1. The fraction of sp³-hybridized carbons (Fsp3) is 0.511. The minimum Gasteiger partial charge on any atom is -0.453 e. The first-order valence-electron chi connectivity index (χ1n) is 20.4. The van der Waals surface area contributed by atoms with Crippen molar-refractivity contribution in [1.29, 1.82) is 0 Å². The maximum absolute atomic E-state index is 14.5. The number of aromatic nitrogens is 4. The first-order valence-corrected chi connectivity index (χ1v) is 20.4. The maximum Gasteiger partial charge on any atom is 0.410 e. The summed E-state index contributed by atoms with van der Waals surface area (Å²) in [5, 5.41) is 6.26. The van der Waals surface area contributed by atoms with Gasteiger partial charge >= 0.3 is 12.2 Å². The fourth-order valence-electron chi connectivity index (χ4n) is 8.48. The van der Waals surface area contributed by atoms with E-state index in [2.05, 4.69) is 25.6 Å². The molecule has 0 saturated carbocycles. The summed E-state index contributed by atoms with van der Waals surface area (Å²) in [5.41, 5.74) is 2.05. The second kappa shape index (κ2) is 16.4. The highest BCUT2D eigenvalue weighted by atomic mass is 19.1. The molecule has 14 nitrogen and oxygen atoms in total. The number of hydrogen-bond donors (Lipinski definition) is 4. The van der Waals surface area contributed by atoms with Crippen molar-refractivity contribution >= 4 is 24.0 Å². The van der Waals surface area contributed by atoms with Gasteiger partial charge in [0.1, 0.15) is 28.9 Å². The van der Waals surface area contributed by atoms with E-state index in [1.165, 1.54) is 19.1 Å². The Balaban J connectivity index is 1.15. The lowest BCUT2D eigenvalue weighted by Crippen LogP contribution is -2.57. The smallest absolute Gasteiger partial charge is 0.410 e. The van der Waals surface area contributed by atoms with Crippen LogP contribution in [-0.4, -0.2) is 98.3 Å². The summed E-state index contributed by atoms with van der Waals surface area (Å²) in [4.78, 5) is 71.5. The number of alkyl halides is 1. The van der Waals surface area contributed by atoms with E-state index >= 15 is 0 Å². The maximum atomic E-state index is 14.5. The van der Waals surface area contributed by atoms with Crippen LogP contribution >= 0.6 is 0 Å². The topological polar surface area (TPSA) is 175 Å². The van der Waals surface area contributed by atoms with E-state index in [0.29, 0.717) is 24.6 Å². The van der Waals surface area contributed by atoms with Crippen LogP contribution in [0.5, 0.6) is 0 Å². The van der Waals surface area contributed by atoms with Crippen LogP contribution < -0.4 is 10.6 Å². The summed E-state index contributed by atoms with van der Waals surface area (Å²) in [6.07, 6.45) is 1.27. The first-order chi connectivity index (χ1) is 28.1. The Morgan fingerprint density at radius 2 is 1.05 bits per heavy atom. The van der Waals surface area contributed by atoms with Crippen molar-refractivity contribution in [3.05, 3.63) is 72.6 Å². The Hall–Kier alpha value is -5.73. The van der Waals surface area contributed by atoms with E-state index in [1.54, 1.807) is 26.2 Å². The molecule has 0 aliphatic carbocycles. The standard InChI is InChI=1S/C45H59FN8O6/c1-26-20-44(8,53(24-26)40(57)59-10)38(55)51-34(42(2,3)4)36-47-22-32(49-36)29-16-12-27(13-17-29)28-14-18-30(19-15-28)33-23-48-37(50-33)35(43(5,6)7)52-39(56)45(9)21-31(46)25-54(45)41(58)60-11/h12-19,22-23,26,31,34-35H,20-21,24-25H2,1-11H3,(H,47,49)(H,48,50)(H,51,55)(H,52,56)/t26-,31-,34-,35-,44+,45+/m1/s1. The van der Waals surface area contributed by atoms with E-state index in [0.717, 1.165) is 38.5 Å². The monoisotopic (exact) mass is 826 g/mol. The lowest BCUT2D eigenvalue weighted by molar-refractivity contribution is -0.132. The third kappa shape index (κ3) is 8.62. The van der Waals surface area contributed by atoms with Crippen LogP contribution in [0, 0.1) is 16.7 Å². The van der Waals surface area contributed by atoms with Gasteiger partial charge in [0.05, 0.1) is 56.6 Å². The van der Waals surface area contributed by atoms with Crippen molar-refractivity contribution in [1.82, 2.24) is 40.4 Å². The molecule has 2 aliphatic heterocycles. The first kappa shape index (κ1) is 43.8. The van der Waals surface area contributed by atoms with Crippen LogP contribution in [0.25, 0.3) is 33.6 Å². The van der Waals surface area contributed by atoms with Crippen molar-refractivity contribution < 1.29 is 33.0 Å². The molecule has 2 fully saturated rings. The van der Waals surface area contributed by atoms with E-state index < -0.39 is 58.3 Å². The minimum atomic E-state index is -1.42. The average molecular weight is 827 g/mol. The molecule has 0 spiro atoms. The third-order valence-corrected chi connectivity index (χ3v) is 11.9. The summed E-state index contributed by atoms with van der Waals surface area (Å²) in [7, 11) is 2.54. The number of H-pyrrole nitrogens is 2. The number of rotatable bonds is 9. The summed E-state index contributed by atoms with van der Waals surface area (Å²) in [5.74, 6) is 0.567. The van der Waals surface area contributed by atoms with E-state index in [1.807, 2.05) is 97.0 Å². The van der Waals surface area contributed by atoms with Gasteiger partial charge < -0.3 is 30.1 Å². The number of imidazole rings is 2. The van der Waals surface area contributed by atoms with Crippen molar-refractivity contribution in [2.75, 3.05) is 27.3 Å². The number of methoxy groups -OCH3 is 2. The molecule has 60 heavy (non-hydrogen) atoms. The van der Waals surface area contributed by atoms with Gasteiger partial charge in [0.2, 0.25) is 11.8 Å². The molecule has 4 aromatic rings. The third-order valence-electron chi connectivity index (χ3n) is 11.9. The van der Waals surface area contributed by atoms with Crippen LogP contribution in [0.4, 0.5) is 14.0 Å². The molecule has 4 N–H and O–H groups in total. The molecule has 6 rings (SSSR count). The summed E-state index contributed by atoms with van der Waals surface area (Å²) in [6.45, 7) is 17.6. The fourth-order valence-corrected chi connectivity index (χ4v) is 8.48. The number of ether oxygens (including phenoxy) is 2. The van der Waals surface area contributed by atoms with Gasteiger partial charge in [-0.3, -0.25) is 19.4 Å². The predicted octanol–water partition coefficient (Wildman–Crippen LogP) is 7.98. The van der Waals surface area contributed by atoms with E-state index in [9.17, 15) is 23.6 Å². The molecular weight excluding hydrogens is 768 g/mol. The molecule has 0 unspecified atom stereocenters. The normalized spacial score (nSPS) is 22.9. The van der Waals surface area contributed by atoms with Gasteiger partial charge in [-0.1, -0.05) is 97.0 Å². The van der Waals surface area contributed by atoms with Crippen LogP contribution in [0.2, 0.25) is 0 Å². The number of amides is 4. The largest absolute Gasteiger partial charge is 0.453 e. The highest BCUT2D eigenvalue weighted by Gasteiger charge is 2.52. The highest BCUT2D eigenvalue weighted by molar-refractivity contribution is 5.91. The lowest BCUT2D eigenvalue weighted by Gasteiger charge is -2.37. The van der Waals surface area contributed by atoms with Crippen LogP contribution in [-0.2, 0) is 19.1 Å². The number of likely N-dealkylation sites (tertiary alicyclic amines) is 2. The molecule has 0 bridgehead atoms. The van der Waals surface area contributed by atoms with Gasteiger partial charge in [-0.25, -0.2) is 23.9 Å². The Labute approximate surface area is 351 Å². The van der Waals surface area contributed by atoms with Crippen molar-refractivity contribution in [2.45, 2.75) is 104 Å². The average Bonchev–Trinajstić information content (AvgIpc) is 4.00. The quantitative estimate of drug-likeness (QED) is 0.131. The number of aromatic amines is 2. The van der Waals surface area contributed by atoms with E-state index in [-0.39, 0.29) is 24.8 Å². The molecule has 2 aromatic heterocycles. The van der Waals surface area contributed by atoms with Gasteiger partial charge in [-0.15, -0.1) is 0 Å². The Morgan fingerprint density at radius 3 is 1.43 bits per heavy atom. The molecule has 15 heteroatoms. The Morgan fingerprint density at radius 1 is 0.683 bits per heavy atom. The zero-order valence-electron chi connectivity index (χ0n) is 36.5. The Kier molecular flexibility index (Phi) is 12.0. The highest BCUT2D eigenvalue weighted by Crippen LogP contribution is 2.39. The zero-order valence-corrected chi connectivity index (χ0v) is 36.5. The van der Waals surface area contributed by atoms with Gasteiger partial charge in [-0.05, 0) is 59.3 Å². The second-order valence-corrected chi connectivity index (χ2v) is 18.9. The molecule has 0 radical (unpaired) electrons. The predicted molar refractivity (Wildman–Crippen MR) is 226 cm³/mol. The molecule has 4 amide bonds. The van der Waals surface area contributed by atoms with Crippen LogP contribution in [0.3, 0.4) is 0 Å². The number of carbonyl (C=O) groups is 4. The van der Waals surface area contributed by atoms with Crippen LogP contribution in [0.15, 0.2) is 60.9 Å². The SMILES string of the molecule is COC(=O)N1C[C@H](C)C[C@@]1(C)C(=O)N[C@H](c1ncc(-c2ccc(-c3ccc(-c4cnc([C@@H](NC(=O)[C@]5(C)C[C@@H](F)CN5C(=O)OC)C(C)(C)C)[nH]4)cc3)cc2)[nH]1)C(C)(C)C.